The molecule has 0 saturated carbocycles. The summed E-state index contributed by atoms with van der Waals surface area (Å²) >= 11 is 0. The minimum Gasteiger partial charge on any atom is -0.497 e. The maximum absolute atomic E-state index is 11.7. The first kappa shape index (κ1) is 14.3. The van der Waals surface area contributed by atoms with Crippen LogP contribution in [0.4, 0.5) is 0 Å². The van der Waals surface area contributed by atoms with Crippen LogP contribution in [0.2, 0.25) is 0 Å². The molecule has 0 atom stereocenters. The smallest absolute Gasteiger partial charge is 0.336 e. The molecule has 0 saturated heterocycles. The van der Waals surface area contributed by atoms with Gasteiger partial charge in [-0.15, -0.1) is 0 Å². The summed E-state index contributed by atoms with van der Waals surface area (Å²) in [6.45, 7) is 0. The van der Waals surface area contributed by atoms with Gasteiger partial charge in [-0.3, -0.25) is 0 Å². The van der Waals surface area contributed by atoms with Crippen molar-refractivity contribution in [1.29, 1.82) is 0 Å². The molecule has 1 heterocycles. The van der Waals surface area contributed by atoms with Crippen LogP contribution in [0.25, 0.3) is 32.9 Å². The summed E-state index contributed by atoms with van der Waals surface area (Å²) in [4.78, 5) is 15.0. The summed E-state index contributed by atoms with van der Waals surface area (Å²) < 4.78 is 5.32. The summed E-state index contributed by atoms with van der Waals surface area (Å²) in [6, 6.07) is 19.0. The fourth-order valence-electron chi connectivity index (χ4n) is 3.21. The van der Waals surface area contributed by atoms with Gasteiger partial charge >= 0.3 is 5.97 Å². The average Bonchev–Trinajstić information content (AvgIpc) is 3.00. The maximum Gasteiger partial charge on any atom is 0.336 e. The Morgan fingerprint density at radius 1 is 0.958 bits per heavy atom. The monoisotopic (exact) mass is 317 g/mol. The standard InChI is InChI=1S/C20H15NO3/c1-24-13-6-2-5-12(11-13)14-7-3-9-16-18(14)19-15(20(22)23)8-4-10-17(19)21-16/h2-11,21H,1H3,(H,22,23). The zero-order valence-corrected chi connectivity index (χ0v) is 13.0. The van der Waals surface area contributed by atoms with E-state index >= 15 is 0 Å². The second-order valence-corrected chi connectivity index (χ2v) is 5.62. The molecule has 4 aromatic rings. The predicted octanol–water partition coefficient (Wildman–Crippen LogP) is 4.69. The first-order valence-electron chi connectivity index (χ1n) is 7.60. The molecule has 0 amide bonds. The predicted molar refractivity (Wildman–Crippen MR) is 94.8 cm³/mol. The van der Waals surface area contributed by atoms with Crippen LogP contribution in [-0.4, -0.2) is 23.2 Å². The number of carboxylic acid groups (broad SMARTS) is 1. The molecule has 0 aliphatic carbocycles. The quantitative estimate of drug-likeness (QED) is 0.576. The van der Waals surface area contributed by atoms with Crippen molar-refractivity contribution in [3.05, 3.63) is 66.2 Å². The third kappa shape index (κ3) is 2.12. The number of aromatic amines is 1. The lowest BCUT2D eigenvalue weighted by atomic mass is 9.97. The number of aromatic carboxylic acids is 1. The van der Waals surface area contributed by atoms with E-state index in [4.69, 9.17) is 4.74 Å². The Hall–Kier alpha value is -3.27. The molecular weight excluding hydrogens is 302 g/mol. The zero-order chi connectivity index (χ0) is 16.7. The zero-order valence-electron chi connectivity index (χ0n) is 13.0. The fraction of sp³-hybridized carbons (Fsp3) is 0.0500. The van der Waals surface area contributed by atoms with E-state index in [-0.39, 0.29) is 0 Å². The molecule has 0 aliphatic heterocycles. The van der Waals surface area contributed by atoms with E-state index in [0.29, 0.717) is 5.56 Å². The highest BCUT2D eigenvalue weighted by atomic mass is 16.5. The maximum atomic E-state index is 11.7. The topological polar surface area (TPSA) is 62.3 Å². The van der Waals surface area contributed by atoms with Crippen LogP contribution in [0.15, 0.2) is 60.7 Å². The van der Waals surface area contributed by atoms with Crippen LogP contribution in [0.1, 0.15) is 10.4 Å². The number of hydrogen-bond donors (Lipinski definition) is 2. The van der Waals surface area contributed by atoms with Gasteiger partial charge < -0.3 is 14.8 Å². The van der Waals surface area contributed by atoms with Gasteiger partial charge in [0.2, 0.25) is 0 Å². The first-order chi connectivity index (χ1) is 11.7. The van der Waals surface area contributed by atoms with Gasteiger partial charge in [0.15, 0.2) is 0 Å². The third-order valence-corrected chi connectivity index (χ3v) is 4.26. The number of aromatic nitrogens is 1. The minimum atomic E-state index is -0.929. The number of benzene rings is 3. The lowest BCUT2D eigenvalue weighted by molar-refractivity contribution is 0.0699. The van der Waals surface area contributed by atoms with E-state index in [1.807, 2.05) is 48.5 Å². The Kier molecular flexibility index (Phi) is 3.24. The van der Waals surface area contributed by atoms with Crippen molar-refractivity contribution < 1.29 is 14.6 Å². The van der Waals surface area contributed by atoms with Gasteiger partial charge in [-0.1, -0.05) is 30.3 Å². The van der Waals surface area contributed by atoms with Crippen molar-refractivity contribution >= 4 is 27.8 Å². The van der Waals surface area contributed by atoms with E-state index in [2.05, 4.69) is 4.98 Å². The Morgan fingerprint density at radius 2 is 1.67 bits per heavy atom. The lowest BCUT2D eigenvalue weighted by Crippen LogP contribution is -1.96. The Balaban J connectivity index is 2.13. The van der Waals surface area contributed by atoms with Crippen molar-refractivity contribution in [3.63, 3.8) is 0 Å². The van der Waals surface area contributed by atoms with E-state index in [9.17, 15) is 9.90 Å². The van der Waals surface area contributed by atoms with Crippen molar-refractivity contribution in [2.24, 2.45) is 0 Å². The molecule has 24 heavy (non-hydrogen) atoms. The van der Waals surface area contributed by atoms with Crippen LogP contribution in [0, 0.1) is 0 Å². The number of hydrogen-bond acceptors (Lipinski definition) is 2. The summed E-state index contributed by atoms with van der Waals surface area (Å²) in [5, 5.41) is 11.2. The Bertz CT molecular complexity index is 1080. The van der Waals surface area contributed by atoms with E-state index in [1.165, 1.54) is 0 Å². The molecule has 0 radical (unpaired) electrons. The summed E-state index contributed by atoms with van der Waals surface area (Å²) in [5.41, 5.74) is 4.00. The number of ether oxygens (including phenoxy) is 1. The van der Waals surface area contributed by atoms with Crippen molar-refractivity contribution in [3.8, 4) is 16.9 Å². The SMILES string of the molecule is COc1cccc(-c2cccc3[nH]c4cccc(C(=O)O)c4c23)c1. The van der Waals surface area contributed by atoms with Gasteiger partial charge in [-0.2, -0.15) is 0 Å². The molecule has 4 heteroatoms. The second-order valence-electron chi connectivity index (χ2n) is 5.62. The molecule has 0 fully saturated rings. The largest absolute Gasteiger partial charge is 0.497 e. The van der Waals surface area contributed by atoms with E-state index in [0.717, 1.165) is 38.7 Å². The third-order valence-electron chi connectivity index (χ3n) is 4.26. The number of methoxy groups -OCH3 is 1. The van der Waals surface area contributed by atoms with Crippen LogP contribution < -0.4 is 4.74 Å². The highest BCUT2D eigenvalue weighted by molar-refractivity contribution is 6.20. The highest BCUT2D eigenvalue weighted by Crippen LogP contribution is 2.37. The van der Waals surface area contributed by atoms with Crippen molar-refractivity contribution in [2.45, 2.75) is 0 Å². The minimum absolute atomic E-state index is 0.300. The molecule has 4 rings (SSSR count). The van der Waals surface area contributed by atoms with Gasteiger partial charge in [-0.25, -0.2) is 4.79 Å². The Labute approximate surface area is 138 Å². The number of H-pyrrole nitrogens is 1. The van der Waals surface area contributed by atoms with Gasteiger partial charge in [0, 0.05) is 21.8 Å². The van der Waals surface area contributed by atoms with Crippen LogP contribution in [-0.2, 0) is 0 Å². The molecular formula is C20H15NO3. The molecule has 118 valence electrons. The van der Waals surface area contributed by atoms with Crippen LogP contribution in [0.5, 0.6) is 5.75 Å². The molecule has 3 aromatic carbocycles. The van der Waals surface area contributed by atoms with Gasteiger partial charge in [-0.05, 0) is 41.5 Å². The Morgan fingerprint density at radius 3 is 2.42 bits per heavy atom. The van der Waals surface area contributed by atoms with Gasteiger partial charge in [0.25, 0.3) is 0 Å². The average molecular weight is 317 g/mol. The number of rotatable bonds is 3. The number of carboxylic acids is 1. The molecule has 0 unspecified atom stereocenters. The molecule has 1 aromatic heterocycles. The van der Waals surface area contributed by atoms with Gasteiger partial charge in [0.05, 0.1) is 12.7 Å². The molecule has 0 spiro atoms. The van der Waals surface area contributed by atoms with E-state index < -0.39 is 5.97 Å². The molecule has 2 N–H and O–H groups in total. The molecule has 0 aliphatic rings. The fourth-order valence-corrected chi connectivity index (χ4v) is 3.21. The van der Waals surface area contributed by atoms with Crippen LogP contribution >= 0.6 is 0 Å². The lowest BCUT2D eigenvalue weighted by Gasteiger charge is -2.07. The van der Waals surface area contributed by atoms with Crippen LogP contribution in [0.3, 0.4) is 0 Å². The summed E-state index contributed by atoms with van der Waals surface area (Å²) in [6.07, 6.45) is 0. The van der Waals surface area contributed by atoms with Crippen molar-refractivity contribution in [1.82, 2.24) is 4.98 Å². The summed E-state index contributed by atoms with van der Waals surface area (Å²) in [5.74, 6) is -0.162. The highest BCUT2D eigenvalue weighted by Gasteiger charge is 2.16. The number of carbonyl (C=O) groups is 1. The van der Waals surface area contributed by atoms with Gasteiger partial charge in [0.1, 0.15) is 5.75 Å². The molecule has 0 bridgehead atoms. The summed E-state index contributed by atoms with van der Waals surface area (Å²) in [7, 11) is 1.63. The first-order valence-corrected chi connectivity index (χ1v) is 7.60. The molecule has 4 nitrogen and oxygen atoms in total. The second kappa shape index (κ2) is 5.42. The van der Waals surface area contributed by atoms with Crippen molar-refractivity contribution in [2.75, 3.05) is 7.11 Å². The number of nitrogens with one attached hydrogen (secondary N) is 1. The van der Waals surface area contributed by atoms with E-state index in [1.54, 1.807) is 19.2 Å². The number of fused-ring (bicyclic) bond motifs is 3. The normalized spacial score (nSPS) is 11.0.